The van der Waals surface area contributed by atoms with E-state index in [1.54, 1.807) is 30.5 Å². The maximum atomic E-state index is 12.3. The second kappa shape index (κ2) is 8.05. The average molecular weight is 429 g/mol. The van der Waals surface area contributed by atoms with Gasteiger partial charge in [-0.25, -0.2) is 24.9 Å². The number of anilines is 1. The van der Waals surface area contributed by atoms with Gasteiger partial charge in [0.2, 0.25) is 0 Å². The lowest BCUT2D eigenvalue weighted by atomic mass is 10.3. The number of halogens is 2. The summed E-state index contributed by atoms with van der Waals surface area (Å²) < 4.78 is 0. The van der Waals surface area contributed by atoms with Gasteiger partial charge in [0.25, 0.3) is 5.91 Å². The molecule has 4 rings (SSSR count). The van der Waals surface area contributed by atoms with Crippen LogP contribution in [-0.4, -0.2) is 30.8 Å². The van der Waals surface area contributed by atoms with Crippen molar-refractivity contribution < 1.29 is 4.79 Å². The highest BCUT2D eigenvalue weighted by Gasteiger charge is 2.14. The van der Waals surface area contributed by atoms with E-state index >= 15 is 0 Å². The van der Waals surface area contributed by atoms with Gasteiger partial charge in [-0.3, -0.25) is 4.79 Å². The number of pyridine rings is 1. The zero-order chi connectivity index (χ0) is 19.5. The number of amides is 1. The molecule has 0 aliphatic rings. The van der Waals surface area contributed by atoms with Gasteiger partial charge in [-0.15, -0.1) is 0 Å². The Hall–Kier alpha value is -2.81. The maximum Gasteiger partial charge on any atom is 0.274 e. The van der Waals surface area contributed by atoms with Gasteiger partial charge in [0.05, 0.1) is 22.4 Å². The summed E-state index contributed by atoms with van der Waals surface area (Å²) >= 11 is 13.6. The zero-order valence-electron chi connectivity index (χ0n) is 14.0. The quantitative estimate of drug-likeness (QED) is 0.376. The second-order valence-electron chi connectivity index (χ2n) is 5.46. The van der Waals surface area contributed by atoms with Crippen molar-refractivity contribution in [3.8, 4) is 0 Å². The zero-order valence-corrected chi connectivity index (χ0v) is 16.3. The third kappa shape index (κ3) is 4.04. The molecule has 0 aliphatic carbocycles. The molecule has 0 atom stereocenters. The Labute approximate surface area is 173 Å². The molecule has 0 aliphatic heterocycles. The lowest BCUT2D eigenvalue weighted by Crippen LogP contribution is -2.14. The largest absolute Gasteiger partial charge is 0.319 e. The predicted octanol–water partition coefficient (Wildman–Crippen LogP) is 4.53. The molecule has 1 amide bonds. The molecule has 4 aromatic rings. The van der Waals surface area contributed by atoms with Gasteiger partial charge >= 0.3 is 0 Å². The van der Waals surface area contributed by atoms with E-state index in [1.807, 2.05) is 6.07 Å². The molecule has 0 radical (unpaired) electrons. The van der Waals surface area contributed by atoms with Gasteiger partial charge in [0.1, 0.15) is 22.7 Å². The molecule has 0 bridgehead atoms. The first-order chi connectivity index (χ1) is 13.6. The first-order valence-corrected chi connectivity index (χ1v) is 9.50. The highest BCUT2D eigenvalue weighted by Crippen LogP contribution is 2.36. The fourth-order valence-electron chi connectivity index (χ4n) is 2.33. The van der Waals surface area contributed by atoms with Crippen LogP contribution in [0.25, 0.3) is 11.0 Å². The number of nitrogens with one attached hydrogen (secondary N) is 1. The Bertz CT molecular complexity index is 1180. The van der Waals surface area contributed by atoms with E-state index in [4.69, 9.17) is 23.2 Å². The Balaban J connectivity index is 1.58. The molecule has 3 aromatic heterocycles. The molecule has 1 aromatic carbocycles. The highest BCUT2D eigenvalue weighted by atomic mass is 35.5. The molecule has 3 heterocycles. The normalized spacial score (nSPS) is 10.8. The predicted molar refractivity (Wildman–Crippen MR) is 108 cm³/mol. The minimum absolute atomic E-state index is 0.244. The van der Waals surface area contributed by atoms with E-state index in [0.29, 0.717) is 36.9 Å². The molecule has 10 heteroatoms. The van der Waals surface area contributed by atoms with Crippen LogP contribution in [0.3, 0.4) is 0 Å². The Kier molecular flexibility index (Phi) is 5.34. The van der Waals surface area contributed by atoms with Crippen LogP contribution in [0, 0.1) is 0 Å². The number of carbonyl (C=O) groups excluding carboxylic acids is 1. The maximum absolute atomic E-state index is 12.3. The number of hydrogen-bond donors (Lipinski definition) is 1. The van der Waals surface area contributed by atoms with Crippen LogP contribution < -0.4 is 5.32 Å². The van der Waals surface area contributed by atoms with Crippen LogP contribution in [0.15, 0.2) is 65.2 Å². The summed E-state index contributed by atoms with van der Waals surface area (Å²) in [5.41, 5.74) is 1.98. The van der Waals surface area contributed by atoms with E-state index in [2.05, 4.69) is 30.2 Å². The monoisotopic (exact) mass is 428 g/mol. The van der Waals surface area contributed by atoms with Gasteiger partial charge in [0.15, 0.2) is 5.16 Å². The van der Waals surface area contributed by atoms with Crippen LogP contribution >= 0.6 is 35.0 Å². The summed E-state index contributed by atoms with van der Waals surface area (Å²) in [6, 6.07) is 10.3. The van der Waals surface area contributed by atoms with Gasteiger partial charge in [0, 0.05) is 11.1 Å². The van der Waals surface area contributed by atoms with Crippen molar-refractivity contribution in [3.63, 3.8) is 0 Å². The summed E-state index contributed by atoms with van der Waals surface area (Å²) in [5.74, 6) is -0.378. The summed E-state index contributed by atoms with van der Waals surface area (Å²) in [5, 5.41) is 4.01. The van der Waals surface area contributed by atoms with E-state index in [0.717, 1.165) is 0 Å². The first-order valence-electron chi connectivity index (χ1n) is 7.93. The molecular formula is C18H10Cl2N6OS. The number of aromatic nitrogens is 5. The number of fused-ring (bicyclic) bond motifs is 1. The standard InChI is InChI=1S/C18H10Cl2N6OS/c19-15-5-4-10-13(24-15)8-22-18(26-10)28-14-3-1-2-11(16(14)20)25-17(27)12-6-7-21-9-23-12/h1-9H,(H,25,27). The van der Waals surface area contributed by atoms with Crippen LogP contribution in [0.5, 0.6) is 0 Å². The summed E-state index contributed by atoms with van der Waals surface area (Å²) in [7, 11) is 0. The Morgan fingerprint density at radius 2 is 1.89 bits per heavy atom. The first kappa shape index (κ1) is 18.5. The van der Waals surface area contributed by atoms with Crippen LogP contribution in [0.2, 0.25) is 10.2 Å². The van der Waals surface area contributed by atoms with Gasteiger partial charge in [-0.1, -0.05) is 29.3 Å². The van der Waals surface area contributed by atoms with E-state index in [1.165, 1.54) is 30.4 Å². The van der Waals surface area contributed by atoms with Crippen molar-refractivity contribution in [1.29, 1.82) is 0 Å². The van der Waals surface area contributed by atoms with Crippen molar-refractivity contribution >= 4 is 57.6 Å². The summed E-state index contributed by atoms with van der Waals surface area (Å²) in [4.78, 5) is 33.6. The van der Waals surface area contributed by atoms with Crippen LogP contribution in [0.1, 0.15) is 10.5 Å². The fraction of sp³-hybridized carbons (Fsp3) is 0. The van der Waals surface area contributed by atoms with Crippen molar-refractivity contribution in [1.82, 2.24) is 24.9 Å². The Morgan fingerprint density at radius 3 is 2.71 bits per heavy atom. The van der Waals surface area contributed by atoms with E-state index in [-0.39, 0.29) is 11.6 Å². The summed E-state index contributed by atoms with van der Waals surface area (Å²) in [6.45, 7) is 0. The van der Waals surface area contributed by atoms with Gasteiger partial charge in [-0.2, -0.15) is 0 Å². The minimum atomic E-state index is -0.378. The molecule has 138 valence electrons. The van der Waals surface area contributed by atoms with Gasteiger partial charge in [-0.05, 0) is 42.1 Å². The lowest BCUT2D eigenvalue weighted by molar-refractivity contribution is 0.102. The molecule has 0 saturated carbocycles. The lowest BCUT2D eigenvalue weighted by Gasteiger charge is -2.10. The molecule has 0 fully saturated rings. The number of nitrogens with zero attached hydrogens (tertiary/aromatic N) is 5. The minimum Gasteiger partial charge on any atom is -0.319 e. The Morgan fingerprint density at radius 1 is 1.00 bits per heavy atom. The summed E-state index contributed by atoms with van der Waals surface area (Å²) in [6.07, 6.45) is 4.40. The molecule has 0 unspecified atom stereocenters. The molecular weight excluding hydrogens is 419 g/mol. The molecule has 0 spiro atoms. The van der Waals surface area contributed by atoms with Crippen molar-refractivity contribution in [2.24, 2.45) is 0 Å². The second-order valence-corrected chi connectivity index (χ2v) is 7.23. The van der Waals surface area contributed by atoms with Gasteiger partial charge < -0.3 is 5.32 Å². The number of benzene rings is 1. The van der Waals surface area contributed by atoms with Crippen LogP contribution in [0.4, 0.5) is 5.69 Å². The van der Waals surface area contributed by atoms with Crippen LogP contribution in [-0.2, 0) is 0 Å². The fourth-order valence-corrected chi connectivity index (χ4v) is 3.56. The molecule has 7 nitrogen and oxygen atoms in total. The highest BCUT2D eigenvalue weighted by molar-refractivity contribution is 7.99. The average Bonchev–Trinajstić information content (AvgIpc) is 2.71. The van der Waals surface area contributed by atoms with Crippen molar-refractivity contribution in [2.75, 3.05) is 5.32 Å². The topological polar surface area (TPSA) is 93.6 Å². The SMILES string of the molecule is O=C(Nc1cccc(Sc2ncc3nc(Cl)ccc3n2)c1Cl)c1ccncn1. The third-order valence-electron chi connectivity index (χ3n) is 3.61. The van der Waals surface area contributed by atoms with E-state index in [9.17, 15) is 4.79 Å². The smallest absolute Gasteiger partial charge is 0.274 e. The molecule has 0 saturated heterocycles. The van der Waals surface area contributed by atoms with E-state index < -0.39 is 0 Å². The third-order valence-corrected chi connectivity index (χ3v) is 5.28. The number of hydrogen-bond acceptors (Lipinski definition) is 7. The number of carbonyl (C=O) groups is 1. The molecule has 28 heavy (non-hydrogen) atoms. The van der Waals surface area contributed by atoms with Crippen molar-refractivity contribution in [3.05, 3.63) is 71.0 Å². The number of rotatable bonds is 4. The van der Waals surface area contributed by atoms with Crippen molar-refractivity contribution in [2.45, 2.75) is 10.1 Å². The molecule has 1 N–H and O–H groups in total.